The number of hydrogen-bond donors (Lipinski definition) is 2. The average molecular weight is 294 g/mol. The first-order valence-corrected chi connectivity index (χ1v) is 6.75. The van der Waals surface area contributed by atoms with Crippen LogP contribution in [0.15, 0.2) is 18.2 Å². The highest BCUT2D eigenvalue weighted by Crippen LogP contribution is 2.30. The first-order chi connectivity index (χ1) is 9.86. The van der Waals surface area contributed by atoms with E-state index >= 15 is 0 Å². The van der Waals surface area contributed by atoms with E-state index in [0.717, 1.165) is 0 Å². The number of carbonyl (C=O) groups is 2. The van der Waals surface area contributed by atoms with Crippen LogP contribution in [0.5, 0.6) is 11.5 Å². The zero-order chi connectivity index (χ0) is 16.0. The third kappa shape index (κ3) is 4.66. The second kappa shape index (κ2) is 7.52. The lowest BCUT2D eigenvalue weighted by atomic mass is 10.1. The van der Waals surface area contributed by atoms with Crippen LogP contribution in [0.4, 0.5) is 0 Å². The fourth-order valence-electron chi connectivity index (χ4n) is 1.62. The molecular formula is C15H22N2O4. The molecule has 21 heavy (non-hydrogen) atoms. The molecular weight excluding hydrogens is 272 g/mol. The monoisotopic (exact) mass is 294 g/mol. The third-order valence-corrected chi connectivity index (χ3v) is 3.20. The average Bonchev–Trinajstić information content (AvgIpc) is 2.44. The fourth-order valence-corrected chi connectivity index (χ4v) is 1.62. The lowest BCUT2D eigenvalue weighted by Crippen LogP contribution is -2.39. The number of rotatable bonds is 7. The summed E-state index contributed by atoms with van der Waals surface area (Å²) in [5.41, 5.74) is 5.47. The van der Waals surface area contributed by atoms with Crippen molar-refractivity contribution in [2.45, 2.75) is 26.8 Å². The number of carbonyl (C=O) groups excluding carboxylic acids is 2. The smallest absolute Gasteiger partial charge is 0.258 e. The van der Waals surface area contributed by atoms with E-state index in [-0.39, 0.29) is 29.9 Å². The number of para-hydroxylation sites is 1. The second-order valence-corrected chi connectivity index (χ2v) is 5.09. The topological polar surface area (TPSA) is 90.7 Å². The van der Waals surface area contributed by atoms with Gasteiger partial charge in [-0.3, -0.25) is 9.59 Å². The molecule has 6 heteroatoms. The molecule has 0 heterocycles. The Labute approximate surface area is 124 Å². The van der Waals surface area contributed by atoms with Crippen LogP contribution in [0.1, 0.15) is 31.1 Å². The Morgan fingerprint density at radius 1 is 1.29 bits per heavy atom. The number of primary amides is 1. The summed E-state index contributed by atoms with van der Waals surface area (Å²) in [4.78, 5) is 23.2. The summed E-state index contributed by atoms with van der Waals surface area (Å²) in [5.74, 6) is -0.0466. The Morgan fingerprint density at radius 3 is 2.48 bits per heavy atom. The Hall–Kier alpha value is -2.24. The van der Waals surface area contributed by atoms with Gasteiger partial charge in [0.05, 0.1) is 12.7 Å². The summed E-state index contributed by atoms with van der Waals surface area (Å²) < 4.78 is 10.5. The van der Waals surface area contributed by atoms with Gasteiger partial charge in [-0.25, -0.2) is 0 Å². The number of ether oxygens (including phenoxy) is 2. The number of nitrogens with one attached hydrogen (secondary N) is 1. The molecule has 0 saturated heterocycles. The molecule has 0 aliphatic heterocycles. The maximum absolute atomic E-state index is 11.8. The summed E-state index contributed by atoms with van der Waals surface area (Å²) in [5, 5.41) is 2.81. The van der Waals surface area contributed by atoms with Crippen molar-refractivity contribution in [1.82, 2.24) is 5.32 Å². The van der Waals surface area contributed by atoms with Gasteiger partial charge in [0.25, 0.3) is 11.8 Å². The van der Waals surface area contributed by atoms with Gasteiger partial charge in [-0.05, 0) is 25.0 Å². The van der Waals surface area contributed by atoms with Gasteiger partial charge in [0.15, 0.2) is 18.1 Å². The van der Waals surface area contributed by atoms with Gasteiger partial charge in [0.1, 0.15) is 0 Å². The first-order valence-electron chi connectivity index (χ1n) is 6.75. The number of nitrogens with two attached hydrogens (primary N) is 1. The molecule has 1 aromatic carbocycles. The Bertz CT molecular complexity index is 514. The van der Waals surface area contributed by atoms with Crippen LogP contribution in [0, 0.1) is 5.92 Å². The van der Waals surface area contributed by atoms with Crippen LogP contribution in [0.3, 0.4) is 0 Å². The lowest BCUT2D eigenvalue weighted by Gasteiger charge is -2.18. The zero-order valence-electron chi connectivity index (χ0n) is 12.8. The fraction of sp³-hybridized carbons (Fsp3) is 0.467. The number of hydrogen-bond acceptors (Lipinski definition) is 4. The molecule has 0 bridgehead atoms. The minimum Gasteiger partial charge on any atom is -0.493 e. The Balaban J connectivity index is 2.79. The van der Waals surface area contributed by atoms with Crippen molar-refractivity contribution >= 4 is 11.8 Å². The van der Waals surface area contributed by atoms with Crippen LogP contribution >= 0.6 is 0 Å². The van der Waals surface area contributed by atoms with E-state index in [0.29, 0.717) is 11.7 Å². The molecule has 0 aliphatic rings. The molecule has 1 unspecified atom stereocenters. The van der Waals surface area contributed by atoms with Gasteiger partial charge in [-0.1, -0.05) is 19.9 Å². The summed E-state index contributed by atoms with van der Waals surface area (Å²) in [7, 11) is 1.45. The molecule has 0 saturated carbocycles. The maximum atomic E-state index is 11.8. The molecule has 0 aliphatic carbocycles. The zero-order valence-corrected chi connectivity index (χ0v) is 12.8. The molecule has 2 amide bonds. The molecule has 3 N–H and O–H groups in total. The van der Waals surface area contributed by atoms with Crippen molar-refractivity contribution in [2.24, 2.45) is 11.7 Å². The van der Waals surface area contributed by atoms with Gasteiger partial charge in [0, 0.05) is 6.04 Å². The largest absolute Gasteiger partial charge is 0.493 e. The van der Waals surface area contributed by atoms with E-state index in [4.69, 9.17) is 15.2 Å². The van der Waals surface area contributed by atoms with Crippen molar-refractivity contribution in [3.63, 3.8) is 0 Å². The maximum Gasteiger partial charge on any atom is 0.258 e. The molecule has 0 aromatic heterocycles. The van der Waals surface area contributed by atoms with Crippen LogP contribution in [-0.4, -0.2) is 31.6 Å². The molecule has 0 radical (unpaired) electrons. The van der Waals surface area contributed by atoms with Gasteiger partial charge in [-0.15, -0.1) is 0 Å². The SMILES string of the molecule is COc1cccc(C(N)=O)c1OCC(=O)NC(C)C(C)C. The van der Waals surface area contributed by atoms with E-state index in [9.17, 15) is 9.59 Å². The molecule has 116 valence electrons. The number of benzene rings is 1. The van der Waals surface area contributed by atoms with E-state index in [1.165, 1.54) is 13.2 Å². The number of methoxy groups -OCH3 is 1. The normalized spacial score (nSPS) is 11.9. The third-order valence-electron chi connectivity index (χ3n) is 3.20. The molecule has 1 aromatic rings. The highest BCUT2D eigenvalue weighted by molar-refractivity contribution is 5.96. The second-order valence-electron chi connectivity index (χ2n) is 5.09. The summed E-state index contributed by atoms with van der Waals surface area (Å²) in [6.07, 6.45) is 0. The van der Waals surface area contributed by atoms with Crippen molar-refractivity contribution in [3.8, 4) is 11.5 Å². The molecule has 1 atom stereocenters. The molecule has 0 fully saturated rings. The van der Waals surface area contributed by atoms with Crippen LogP contribution < -0.4 is 20.5 Å². The van der Waals surface area contributed by atoms with Crippen molar-refractivity contribution in [3.05, 3.63) is 23.8 Å². The summed E-state index contributed by atoms with van der Waals surface area (Å²) >= 11 is 0. The summed E-state index contributed by atoms with van der Waals surface area (Å²) in [6, 6.07) is 4.83. The van der Waals surface area contributed by atoms with Gasteiger partial charge in [-0.2, -0.15) is 0 Å². The Morgan fingerprint density at radius 2 is 1.95 bits per heavy atom. The quantitative estimate of drug-likeness (QED) is 0.794. The predicted molar refractivity (Wildman–Crippen MR) is 79.4 cm³/mol. The highest BCUT2D eigenvalue weighted by Gasteiger charge is 2.17. The summed E-state index contributed by atoms with van der Waals surface area (Å²) in [6.45, 7) is 5.73. The molecule has 6 nitrogen and oxygen atoms in total. The standard InChI is InChI=1S/C15H22N2O4/c1-9(2)10(3)17-13(18)8-21-14-11(15(16)19)6-5-7-12(14)20-4/h5-7,9-10H,8H2,1-4H3,(H2,16,19)(H,17,18). The highest BCUT2D eigenvalue weighted by atomic mass is 16.5. The van der Waals surface area contributed by atoms with Gasteiger partial charge >= 0.3 is 0 Å². The van der Waals surface area contributed by atoms with Crippen LogP contribution in [0.25, 0.3) is 0 Å². The van der Waals surface area contributed by atoms with Crippen molar-refractivity contribution in [1.29, 1.82) is 0 Å². The van der Waals surface area contributed by atoms with E-state index in [2.05, 4.69) is 5.32 Å². The minimum absolute atomic E-state index is 0.0365. The van der Waals surface area contributed by atoms with E-state index < -0.39 is 5.91 Å². The lowest BCUT2D eigenvalue weighted by molar-refractivity contribution is -0.124. The minimum atomic E-state index is -0.639. The number of amides is 2. The molecule has 1 rings (SSSR count). The van der Waals surface area contributed by atoms with Gasteiger partial charge in [0.2, 0.25) is 0 Å². The molecule has 0 spiro atoms. The van der Waals surface area contributed by atoms with Crippen molar-refractivity contribution in [2.75, 3.05) is 13.7 Å². The predicted octanol–water partition coefficient (Wildman–Crippen LogP) is 1.33. The Kier molecular flexibility index (Phi) is 6.02. The van der Waals surface area contributed by atoms with Crippen LogP contribution in [-0.2, 0) is 4.79 Å². The van der Waals surface area contributed by atoms with Crippen molar-refractivity contribution < 1.29 is 19.1 Å². The first kappa shape index (κ1) is 16.8. The van der Waals surface area contributed by atoms with Gasteiger partial charge < -0.3 is 20.5 Å². The van der Waals surface area contributed by atoms with E-state index in [1.807, 2.05) is 20.8 Å². The van der Waals surface area contributed by atoms with Crippen LogP contribution in [0.2, 0.25) is 0 Å². The van der Waals surface area contributed by atoms with E-state index in [1.54, 1.807) is 12.1 Å².